The molecule has 0 bridgehead atoms. The van der Waals surface area contributed by atoms with Crippen LogP contribution in [0, 0.1) is 0 Å². The van der Waals surface area contributed by atoms with Gasteiger partial charge >= 0.3 is 12.0 Å². The Kier molecular flexibility index (Phi) is 9.50. The molecule has 2 aliphatic heterocycles. The molecule has 4 rings (SSSR count). The van der Waals surface area contributed by atoms with Gasteiger partial charge in [-0.05, 0) is 55.8 Å². The second-order valence-corrected chi connectivity index (χ2v) is 10.2. The third-order valence-electron chi connectivity index (χ3n) is 7.11. The number of benzene rings is 2. The molecule has 40 heavy (non-hydrogen) atoms. The number of rotatable bonds is 9. The van der Waals surface area contributed by atoms with Crippen LogP contribution in [-0.4, -0.2) is 85.1 Å². The molecule has 2 aromatic carbocycles. The molecular weight excluding hydrogens is 532 g/mol. The van der Waals surface area contributed by atoms with Gasteiger partial charge in [-0.2, -0.15) is 0 Å². The fraction of sp³-hybridized carbons (Fsp3) is 0.367. The van der Waals surface area contributed by atoms with E-state index in [2.05, 4.69) is 16.8 Å². The van der Waals surface area contributed by atoms with Gasteiger partial charge in [-0.3, -0.25) is 14.6 Å². The molecule has 3 amide bonds. The van der Waals surface area contributed by atoms with Crippen molar-refractivity contribution in [2.45, 2.75) is 25.9 Å². The highest BCUT2D eigenvalue weighted by Gasteiger charge is 2.39. The Labute approximate surface area is 240 Å². The number of urea groups is 1. The van der Waals surface area contributed by atoms with E-state index in [1.165, 1.54) is 4.90 Å². The first-order chi connectivity index (χ1) is 19.3. The summed E-state index contributed by atoms with van der Waals surface area (Å²) in [6.45, 7) is 9.91. The summed E-state index contributed by atoms with van der Waals surface area (Å²) < 4.78 is 10.7. The van der Waals surface area contributed by atoms with E-state index in [9.17, 15) is 14.4 Å². The van der Waals surface area contributed by atoms with E-state index in [-0.39, 0.29) is 31.1 Å². The van der Waals surface area contributed by atoms with Crippen molar-refractivity contribution in [3.05, 3.63) is 88.6 Å². The van der Waals surface area contributed by atoms with Gasteiger partial charge in [0.15, 0.2) is 0 Å². The normalized spacial score (nSPS) is 19.8. The quantitative estimate of drug-likeness (QED) is 0.360. The van der Waals surface area contributed by atoms with E-state index in [1.807, 2.05) is 17.9 Å². The van der Waals surface area contributed by atoms with Gasteiger partial charge in [0.05, 0.1) is 25.3 Å². The van der Waals surface area contributed by atoms with E-state index < -0.39 is 12.0 Å². The van der Waals surface area contributed by atoms with Crippen LogP contribution >= 0.6 is 11.6 Å². The van der Waals surface area contributed by atoms with Crippen molar-refractivity contribution in [3.63, 3.8) is 0 Å². The maximum absolute atomic E-state index is 13.4. The highest BCUT2D eigenvalue weighted by atomic mass is 35.5. The molecule has 1 fully saturated rings. The predicted molar refractivity (Wildman–Crippen MR) is 153 cm³/mol. The maximum atomic E-state index is 13.4. The molecular formula is C30H35ClN4O5. The number of nitrogens with zero attached hydrogens (tertiary/aromatic N) is 3. The molecule has 212 valence electrons. The second kappa shape index (κ2) is 13.0. The lowest BCUT2D eigenvalue weighted by atomic mass is 9.94. The first-order valence-electron chi connectivity index (χ1n) is 13.3. The topological polar surface area (TPSA) is 91.4 Å². The molecule has 0 aromatic heterocycles. The molecule has 2 unspecified atom stereocenters. The molecule has 9 nitrogen and oxygen atoms in total. The molecule has 1 N–H and O–H groups in total. The summed E-state index contributed by atoms with van der Waals surface area (Å²) in [5.74, 6) is 0.141. The number of esters is 1. The summed E-state index contributed by atoms with van der Waals surface area (Å²) in [7, 11) is 1.59. The first-order valence-corrected chi connectivity index (χ1v) is 13.7. The Hall–Kier alpha value is -3.82. The lowest BCUT2D eigenvalue weighted by molar-refractivity contribution is -0.139. The lowest BCUT2D eigenvalue weighted by Crippen LogP contribution is -2.56. The average molecular weight is 567 g/mol. The van der Waals surface area contributed by atoms with Crippen molar-refractivity contribution in [1.82, 2.24) is 20.0 Å². The van der Waals surface area contributed by atoms with Crippen LogP contribution in [-0.2, 0) is 9.53 Å². The molecule has 0 radical (unpaired) electrons. The number of hydrogen-bond acceptors (Lipinski definition) is 6. The molecule has 2 heterocycles. The van der Waals surface area contributed by atoms with Crippen LogP contribution in [0.15, 0.2) is 72.5 Å². The van der Waals surface area contributed by atoms with E-state index in [0.29, 0.717) is 59.3 Å². The lowest BCUT2D eigenvalue weighted by Gasteiger charge is -2.43. The van der Waals surface area contributed by atoms with Gasteiger partial charge in [-0.25, -0.2) is 9.59 Å². The zero-order valence-corrected chi connectivity index (χ0v) is 23.8. The average Bonchev–Trinajstić information content (AvgIpc) is 2.94. The third-order valence-corrected chi connectivity index (χ3v) is 7.35. The van der Waals surface area contributed by atoms with Crippen LogP contribution in [0.5, 0.6) is 5.75 Å². The van der Waals surface area contributed by atoms with E-state index in [4.69, 9.17) is 21.1 Å². The van der Waals surface area contributed by atoms with E-state index in [0.717, 1.165) is 0 Å². The van der Waals surface area contributed by atoms with E-state index in [1.54, 1.807) is 62.6 Å². The van der Waals surface area contributed by atoms with Crippen LogP contribution in [0.4, 0.5) is 4.79 Å². The molecule has 0 spiro atoms. The standard InChI is InChI=1S/C30H35ClN4O5/c1-5-14-35-25(26(29(37)40-6-2)27(32-30(35)38)22-8-7-9-23(31)17-22)19-33-15-16-34(20(3)18-33)28(36)21-10-12-24(39-4)13-11-21/h5,7-13,17,20,27H,1,6,14-16,18-19H2,2-4H3,(H,32,38). The summed E-state index contributed by atoms with van der Waals surface area (Å²) in [5, 5.41) is 3.45. The minimum Gasteiger partial charge on any atom is -0.497 e. The number of halogens is 1. The van der Waals surface area contributed by atoms with Gasteiger partial charge < -0.3 is 19.7 Å². The highest BCUT2D eigenvalue weighted by Crippen LogP contribution is 2.33. The van der Waals surface area contributed by atoms with Gasteiger partial charge in [0.1, 0.15) is 5.75 Å². The fourth-order valence-electron chi connectivity index (χ4n) is 5.17. The van der Waals surface area contributed by atoms with Crippen molar-refractivity contribution in [1.29, 1.82) is 0 Å². The Morgan fingerprint density at radius 3 is 2.55 bits per heavy atom. The SMILES string of the molecule is C=CCN1C(=O)NC(c2cccc(Cl)c2)C(C(=O)OCC)=C1CN1CCN(C(=O)c2ccc(OC)cc2)C(C)C1. The zero-order valence-electron chi connectivity index (χ0n) is 23.1. The summed E-state index contributed by atoms with van der Waals surface area (Å²) >= 11 is 6.26. The minimum absolute atomic E-state index is 0.0485. The Morgan fingerprint density at radius 2 is 1.93 bits per heavy atom. The van der Waals surface area contributed by atoms with Crippen molar-refractivity contribution >= 4 is 29.5 Å². The Balaban J connectivity index is 1.63. The number of carbonyl (C=O) groups excluding carboxylic acids is 3. The van der Waals surface area contributed by atoms with Gasteiger partial charge in [0.25, 0.3) is 5.91 Å². The number of carbonyl (C=O) groups is 3. The van der Waals surface area contributed by atoms with E-state index >= 15 is 0 Å². The fourth-order valence-corrected chi connectivity index (χ4v) is 5.37. The van der Waals surface area contributed by atoms with Crippen molar-refractivity contribution < 1.29 is 23.9 Å². The van der Waals surface area contributed by atoms with Crippen LogP contribution in [0.1, 0.15) is 35.8 Å². The van der Waals surface area contributed by atoms with Gasteiger partial charge in [-0.15, -0.1) is 6.58 Å². The van der Waals surface area contributed by atoms with Crippen molar-refractivity contribution in [2.75, 3.05) is 46.4 Å². The van der Waals surface area contributed by atoms with Crippen LogP contribution in [0.25, 0.3) is 0 Å². The largest absolute Gasteiger partial charge is 0.497 e. The number of nitrogens with one attached hydrogen (secondary N) is 1. The van der Waals surface area contributed by atoms with Crippen molar-refractivity contribution in [2.24, 2.45) is 0 Å². The number of methoxy groups -OCH3 is 1. The summed E-state index contributed by atoms with van der Waals surface area (Å²) in [4.78, 5) is 45.5. The maximum Gasteiger partial charge on any atom is 0.338 e. The summed E-state index contributed by atoms with van der Waals surface area (Å²) in [5.41, 5.74) is 2.19. The smallest absolute Gasteiger partial charge is 0.338 e. The number of amides is 3. The highest BCUT2D eigenvalue weighted by molar-refractivity contribution is 6.30. The number of ether oxygens (including phenoxy) is 2. The third kappa shape index (κ3) is 6.32. The Morgan fingerprint density at radius 1 is 1.18 bits per heavy atom. The van der Waals surface area contributed by atoms with Gasteiger partial charge in [0.2, 0.25) is 0 Å². The zero-order chi connectivity index (χ0) is 28.8. The first kappa shape index (κ1) is 29.2. The van der Waals surface area contributed by atoms with Gasteiger partial charge in [-0.1, -0.05) is 29.8 Å². The Bertz CT molecular complexity index is 1300. The summed E-state index contributed by atoms with van der Waals surface area (Å²) in [6.07, 6.45) is 1.62. The van der Waals surface area contributed by atoms with Gasteiger partial charge in [0, 0.05) is 55.0 Å². The second-order valence-electron chi connectivity index (χ2n) is 9.73. The molecule has 0 saturated carbocycles. The molecule has 0 aliphatic carbocycles. The molecule has 2 aliphatic rings. The van der Waals surface area contributed by atoms with Crippen LogP contribution in [0.2, 0.25) is 5.02 Å². The predicted octanol–water partition coefficient (Wildman–Crippen LogP) is 4.26. The number of hydrogen-bond donors (Lipinski definition) is 1. The van der Waals surface area contributed by atoms with Crippen LogP contribution < -0.4 is 10.1 Å². The summed E-state index contributed by atoms with van der Waals surface area (Å²) in [6, 6.07) is 13.0. The van der Waals surface area contributed by atoms with Crippen LogP contribution in [0.3, 0.4) is 0 Å². The molecule has 2 atom stereocenters. The van der Waals surface area contributed by atoms with Crippen molar-refractivity contribution in [3.8, 4) is 5.75 Å². The number of piperazine rings is 1. The molecule has 1 saturated heterocycles. The minimum atomic E-state index is -0.725. The monoisotopic (exact) mass is 566 g/mol. The molecule has 10 heteroatoms. The molecule has 2 aromatic rings.